The van der Waals surface area contributed by atoms with Gasteiger partial charge >= 0.3 is 0 Å². The molecule has 0 aliphatic rings. The van der Waals surface area contributed by atoms with Crippen molar-refractivity contribution >= 4 is 5.91 Å². The lowest BCUT2D eigenvalue weighted by Gasteiger charge is -2.44. The van der Waals surface area contributed by atoms with Crippen LogP contribution in [0.5, 0.6) is 0 Å². The summed E-state index contributed by atoms with van der Waals surface area (Å²) in [6, 6.07) is 36.6. The number of amides is 1. The molecule has 0 atom stereocenters. The second kappa shape index (κ2) is 10.2. The van der Waals surface area contributed by atoms with Gasteiger partial charge in [-0.15, -0.1) is 5.59 Å². The zero-order chi connectivity index (χ0) is 23.1. The number of nitrogens with one attached hydrogen (secondary N) is 1. The van der Waals surface area contributed by atoms with Gasteiger partial charge in [-0.05, 0) is 34.4 Å². The molecule has 0 fully saturated rings. The van der Waals surface area contributed by atoms with Crippen LogP contribution in [0, 0.1) is 0 Å². The highest BCUT2D eigenvalue weighted by Gasteiger charge is 2.45. The molecule has 0 saturated carbocycles. The normalized spacial score (nSPS) is 11.2. The van der Waals surface area contributed by atoms with Crippen molar-refractivity contribution < 1.29 is 14.7 Å². The Labute approximate surface area is 193 Å². The smallest absolute Gasteiger partial charge is 0.271 e. The Morgan fingerprint density at radius 1 is 0.758 bits per heavy atom. The summed E-state index contributed by atoms with van der Waals surface area (Å²) >= 11 is 0. The van der Waals surface area contributed by atoms with E-state index in [4.69, 9.17) is 4.84 Å². The molecule has 4 aromatic carbocycles. The maximum absolute atomic E-state index is 14.0. The number of benzene rings is 4. The molecular formula is C28H26N2O3. The zero-order valence-electron chi connectivity index (χ0n) is 18.4. The number of carbonyl (C=O) groups is 1. The van der Waals surface area contributed by atoms with E-state index in [0.29, 0.717) is 5.56 Å². The van der Waals surface area contributed by atoms with Gasteiger partial charge in [0.25, 0.3) is 5.91 Å². The molecule has 0 saturated heterocycles. The van der Waals surface area contributed by atoms with Crippen LogP contribution in [-0.4, -0.2) is 23.1 Å². The van der Waals surface area contributed by atoms with Gasteiger partial charge in [-0.3, -0.25) is 9.63 Å². The predicted molar refractivity (Wildman–Crippen MR) is 128 cm³/mol. The Morgan fingerprint density at radius 3 is 1.55 bits per heavy atom. The van der Waals surface area contributed by atoms with Crippen molar-refractivity contribution in [2.45, 2.75) is 12.1 Å². The minimum Gasteiger partial charge on any atom is -0.392 e. The zero-order valence-corrected chi connectivity index (χ0v) is 18.4. The third-order valence-corrected chi connectivity index (χ3v) is 5.68. The molecule has 0 bridgehead atoms. The fourth-order valence-corrected chi connectivity index (χ4v) is 4.16. The lowest BCUT2D eigenvalue weighted by molar-refractivity contribution is -0.0719. The quantitative estimate of drug-likeness (QED) is 0.310. The first-order chi connectivity index (χ1) is 16.2. The highest BCUT2D eigenvalue weighted by Crippen LogP contribution is 2.42. The largest absolute Gasteiger partial charge is 0.392 e. The van der Waals surface area contributed by atoms with Crippen LogP contribution in [0.3, 0.4) is 0 Å². The average molecular weight is 439 g/mol. The molecule has 0 heterocycles. The molecule has 4 aromatic rings. The van der Waals surface area contributed by atoms with Crippen LogP contribution in [0.25, 0.3) is 0 Å². The number of aliphatic hydroxyl groups is 1. The standard InChI is InChI=1S/C28H26N2O3/c1-33-29-30(27(32)23-19-17-22(21-31)18-20-23)28(24-11-5-2-6-12-24,25-13-7-3-8-14-25)26-15-9-4-10-16-26/h2-20,29,31H,21H2,1H3. The molecule has 0 radical (unpaired) electrons. The summed E-state index contributed by atoms with van der Waals surface area (Å²) < 4.78 is 0. The van der Waals surface area contributed by atoms with Crippen LogP contribution < -0.4 is 5.59 Å². The SMILES string of the molecule is CONN(C(=O)c1ccc(CO)cc1)C(c1ccccc1)(c1ccccc1)c1ccccc1. The summed E-state index contributed by atoms with van der Waals surface area (Å²) in [5, 5.41) is 10.9. The Bertz CT molecular complexity index is 1070. The predicted octanol–water partition coefficient (Wildman–Crippen LogP) is 4.68. The first-order valence-electron chi connectivity index (χ1n) is 10.7. The lowest BCUT2D eigenvalue weighted by atomic mass is 9.76. The summed E-state index contributed by atoms with van der Waals surface area (Å²) in [5.74, 6) is -0.280. The minimum atomic E-state index is -1.04. The monoisotopic (exact) mass is 438 g/mol. The lowest BCUT2D eigenvalue weighted by Crippen LogP contribution is -2.57. The van der Waals surface area contributed by atoms with Gasteiger partial charge in [0.05, 0.1) is 13.7 Å². The Kier molecular flexibility index (Phi) is 6.95. The molecule has 166 valence electrons. The van der Waals surface area contributed by atoms with E-state index in [-0.39, 0.29) is 12.5 Å². The Morgan fingerprint density at radius 2 is 1.18 bits per heavy atom. The van der Waals surface area contributed by atoms with Gasteiger partial charge in [0.15, 0.2) is 0 Å². The van der Waals surface area contributed by atoms with Gasteiger partial charge in [-0.1, -0.05) is 103 Å². The molecule has 0 aromatic heterocycles. The molecule has 2 N–H and O–H groups in total. The molecule has 5 nitrogen and oxygen atoms in total. The summed E-state index contributed by atoms with van der Waals surface area (Å²) in [7, 11) is 1.49. The first kappa shape index (κ1) is 22.4. The number of carbonyl (C=O) groups excluding carboxylic acids is 1. The number of hydrogen-bond donors (Lipinski definition) is 2. The number of hydrogen-bond acceptors (Lipinski definition) is 4. The molecule has 0 spiro atoms. The van der Waals surface area contributed by atoms with Gasteiger partial charge in [0.2, 0.25) is 0 Å². The Hall–Kier alpha value is -3.77. The van der Waals surface area contributed by atoms with E-state index in [0.717, 1.165) is 22.3 Å². The van der Waals surface area contributed by atoms with Crippen molar-refractivity contribution in [3.63, 3.8) is 0 Å². The van der Waals surface area contributed by atoms with Crippen molar-refractivity contribution in [1.29, 1.82) is 0 Å². The minimum absolute atomic E-state index is 0.0868. The van der Waals surface area contributed by atoms with E-state index in [1.165, 1.54) is 12.1 Å². The van der Waals surface area contributed by atoms with E-state index in [9.17, 15) is 9.90 Å². The van der Waals surface area contributed by atoms with Crippen LogP contribution in [0.2, 0.25) is 0 Å². The van der Waals surface area contributed by atoms with Crippen molar-refractivity contribution in [3.8, 4) is 0 Å². The fraction of sp³-hybridized carbons (Fsp3) is 0.107. The second-order valence-electron chi connectivity index (χ2n) is 7.60. The highest BCUT2D eigenvalue weighted by atomic mass is 16.7. The molecular weight excluding hydrogens is 412 g/mol. The molecule has 4 rings (SSSR count). The topological polar surface area (TPSA) is 61.8 Å². The summed E-state index contributed by atoms with van der Waals surface area (Å²) in [6.07, 6.45) is 0. The fourth-order valence-electron chi connectivity index (χ4n) is 4.16. The van der Waals surface area contributed by atoms with Crippen LogP contribution in [-0.2, 0) is 17.0 Å². The van der Waals surface area contributed by atoms with Crippen LogP contribution in [0.1, 0.15) is 32.6 Å². The highest BCUT2D eigenvalue weighted by molar-refractivity contribution is 5.95. The summed E-state index contributed by atoms with van der Waals surface area (Å²) in [5.41, 5.74) is 5.73. The van der Waals surface area contributed by atoms with Crippen LogP contribution >= 0.6 is 0 Å². The number of hydrazine groups is 1. The molecule has 0 aliphatic heterocycles. The van der Waals surface area contributed by atoms with E-state index < -0.39 is 5.54 Å². The van der Waals surface area contributed by atoms with Crippen molar-refractivity contribution in [2.75, 3.05) is 7.11 Å². The van der Waals surface area contributed by atoms with Gasteiger partial charge in [-0.25, -0.2) is 5.01 Å². The summed E-state index contributed by atoms with van der Waals surface area (Å²) in [6.45, 7) is -0.0868. The van der Waals surface area contributed by atoms with Gasteiger partial charge in [0, 0.05) is 5.56 Å². The van der Waals surface area contributed by atoms with Gasteiger partial charge < -0.3 is 5.11 Å². The van der Waals surface area contributed by atoms with Crippen LogP contribution in [0.15, 0.2) is 115 Å². The van der Waals surface area contributed by atoms with E-state index in [1.54, 1.807) is 24.3 Å². The van der Waals surface area contributed by atoms with Crippen molar-refractivity contribution in [2.24, 2.45) is 0 Å². The van der Waals surface area contributed by atoms with Crippen molar-refractivity contribution in [3.05, 3.63) is 143 Å². The number of rotatable bonds is 8. The first-order valence-corrected chi connectivity index (χ1v) is 10.7. The third-order valence-electron chi connectivity index (χ3n) is 5.68. The molecule has 5 heteroatoms. The van der Waals surface area contributed by atoms with E-state index in [2.05, 4.69) is 5.59 Å². The molecule has 1 amide bonds. The van der Waals surface area contributed by atoms with Gasteiger partial charge in [0.1, 0.15) is 5.54 Å². The third kappa shape index (κ3) is 4.30. The molecule has 0 aliphatic carbocycles. The number of aliphatic hydroxyl groups excluding tert-OH is 1. The van der Waals surface area contributed by atoms with Crippen molar-refractivity contribution in [1.82, 2.24) is 10.6 Å². The van der Waals surface area contributed by atoms with E-state index >= 15 is 0 Å². The average Bonchev–Trinajstić information content (AvgIpc) is 2.90. The van der Waals surface area contributed by atoms with Gasteiger partial charge in [-0.2, -0.15) is 0 Å². The Balaban J connectivity index is 2.01. The van der Waals surface area contributed by atoms with E-state index in [1.807, 2.05) is 91.0 Å². The van der Waals surface area contributed by atoms with Crippen LogP contribution in [0.4, 0.5) is 0 Å². The maximum Gasteiger partial charge on any atom is 0.271 e. The second-order valence-corrected chi connectivity index (χ2v) is 7.60. The summed E-state index contributed by atoms with van der Waals surface area (Å²) in [4.78, 5) is 19.4. The molecule has 0 unspecified atom stereocenters. The maximum atomic E-state index is 14.0. The molecule has 33 heavy (non-hydrogen) atoms. The number of nitrogens with zero attached hydrogens (tertiary/aromatic N) is 1.